The van der Waals surface area contributed by atoms with Crippen molar-refractivity contribution in [2.45, 2.75) is 0 Å². The first-order valence-corrected chi connectivity index (χ1v) is 6.63. The number of phenols is 2. The molecule has 0 saturated carbocycles. The average Bonchev–Trinajstić information content (AvgIpc) is 2.32. The van der Waals surface area contributed by atoms with Crippen molar-refractivity contribution in [3.05, 3.63) is 56.0 Å². The molecule has 0 saturated heterocycles. The second-order valence-electron chi connectivity index (χ2n) is 3.57. The van der Waals surface area contributed by atoms with Crippen LogP contribution in [0, 0.1) is 0 Å². The maximum Gasteiger partial charge on any atom is 0.151 e. The van der Waals surface area contributed by atoms with Gasteiger partial charge in [-0.1, -0.05) is 46.4 Å². The first kappa shape index (κ1) is 16.9. The van der Waals surface area contributed by atoms with Crippen LogP contribution in [0.1, 0.15) is 10.4 Å². The molecular formula is C13H8Cl4O3. The van der Waals surface area contributed by atoms with Crippen molar-refractivity contribution >= 4 is 52.7 Å². The molecule has 3 nitrogen and oxygen atoms in total. The zero-order chi connectivity index (χ0) is 15.3. The molecular weight excluding hydrogens is 346 g/mol. The molecule has 0 spiro atoms. The smallest absolute Gasteiger partial charge is 0.151 e. The maximum atomic E-state index is 10.3. The van der Waals surface area contributed by atoms with Gasteiger partial charge in [-0.2, -0.15) is 0 Å². The third-order valence-electron chi connectivity index (χ3n) is 2.04. The summed E-state index contributed by atoms with van der Waals surface area (Å²) in [5, 5.41) is 19.0. The minimum absolute atomic E-state index is 0.0903. The number of aromatic hydroxyl groups is 2. The molecule has 0 unspecified atom stereocenters. The highest BCUT2D eigenvalue weighted by molar-refractivity contribution is 6.36. The molecule has 7 heteroatoms. The Morgan fingerprint density at radius 1 is 0.800 bits per heavy atom. The fourth-order valence-corrected chi connectivity index (χ4v) is 2.07. The van der Waals surface area contributed by atoms with E-state index in [0.717, 1.165) is 0 Å². The van der Waals surface area contributed by atoms with E-state index in [2.05, 4.69) is 0 Å². The van der Waals surface area contributed by atoms with Crippen LogP contribution in [0.3, 0.4) is 0 Å². The molecule has 0 heterocycles. The summed E-state index contributed by atoms with van der Waals surface area (Å²) in [5.74, 6) is -0.0326. The van der Waals surface area contributed by atoms with Gasteiger partial charge in [0.1, 0.15) is 11.5 Å². The van der Waals surface area contributed by atoms with Crippen LogP contribution in [0.5, 0.6) is 11.5 Å². The van der Waals surface area contributed by atoms with Crippen LogP contribution < -0.4 is 0 Å². The van der Waals surface area contributed by atoms with Gasteiger partial charge < -0.3 is 10.2 Å². The molecule has 0 aliphatic heterocycles. The highest BCUT2D eigenvalue weighted by Crippen LogP contribution is 2.28. The minimum Gasteiger partial charge on any atom is -0.508 e. The predicted molar refractivity (Wildman–Crippen MR) is 81.6 cm³/mol. The zero-order valence-electron chi connectivity index (χ0n) is 9.78. The number of rotatable bonds is 1. The van der Waals surface area contributed by atoms with Crippen molar-refractivity contribution in [3.63, 3.8) is 0 Å². The van der Waals surface area contributed by atoms with E-state index in [-0.39, 0.29) is 27.1 Å². The van der Waals surface area contributed by atoms with Crippen molar-refractivity contribution in [3.8, 4) is 11.5 Å². The third-order valence-corrected chi connectivity index (χ3v) is 3.11. The van der Waals surface area contributed by atoms with E-state index in [9.17, 15) is 4.79 Å². The average molecular weight is 354 g/mol. The summed E-state index contributed by atoms with van der Waals surface area (Å²) in [7, 11) is 0. The van der Waals surface area contributed by atoms with Gasteiger partial charge >= 0.3 is 0 Å². The largest absolute Gasteiger partial charge is 0.508 e. The summed E-state index contributed by atoms with van der Waals surface area (Å²) < 4.78 is 0. The van der Waals surface area contributed by atoms with E-state index in [4.69, 9.17) is 56.6 Å². The lowest BCUT2D eigenvalue weighted by Gasteiger charge is -1.98. The molecule has 0 aliphatic rings. The molecule has 2 rings (SSSR count). The summed E-state index contributed by atoms with van der Waals surface area (Å²) >= 11 is 22.1. The SMILES string of the molecule is O=Cc1cc(Cl)c(O)cc1Cl.Oc1cc(Cl)cc(Cl)c1. The van der Waals surface area contributed by atoms with Crippen LogP contribution in [-0.2, 0) is 0 Å². The van der Waals surface area contributed by atoms with Crippen LogP contribution in [0.15, 0.2) is 30.3 Å². The van der Waals surface area contributed by atoms with E-state index in [1.807, 2.05) is 0 Å². The quantitative estimate of drug-likeness (QED) is 0.692. The second-order valence-corrected chi connectivity index (χ2v) is 5.26. The summed E-state index contributed by atoms with van der Waals surface area (Å²) in [4.78, 5) is 10.3. The van der Waals surface area contributed by atoms with Gasteiger partial charge in [-0.25, -0.2) is 0 Å². The second kappa shape index (κ2) is 7.60. The van der Waals surface area contributed by atoms with E-state index < -0.39 is 0 Å². The van der Waals surface area contributed by atoms with Gasteiger partial charge in [0.15, 0.2) is 6.29 Å². The van der Waals surface area contributed by atoms with Gasteiger partial charge in [-0.05, 0) is 24.3 Å². The van der Waals surface area contributed by atoms with Crippen molar-refractivity contribution in [1.82, 2.24) is 0 Å². The van der Waals surface area contributed by atoms with Gasteiger partial charge in [0.05, 0.1) is 10.0 Å². The van der Waals surface area contributed by atoms with Crippen LogP contribution >= 0.6 is 46.4 Å². The lowest BCUT2D eigenvalue weighted by atomic mass is 10.2. The normalized spacial score (nSPS) is 9.60. The molecule has 106 valence electrons. The number of carbonyl (C=O) groups excluding carboxylic acids is 1. The van der Waals surface area contributed by atoms with Crippen LogP contribution in [0.2, 0.25) is 20.1 Å². The third kappa shape index (κ3) is 5.10. The minimum atomic E-state index is -0.123. The first-order valence-electron chi connectivity index (χ1n) is 5.11. The Kier molecular flexibility index (Phi) is 6.43. The number of aldehydes is 1. The highest BCUT2D eigenvalue weighted by Gasteiger charge is 2.04. The number of benzene rings is 2. The Morgan fingerprint density at radius 3 is 1.80 bits per heavy atom. The fourth-order valence-electron chi connectivity index (χ4n) is 1.18. The molecule has 0 amide bonds. The summed E-state index contributed by atoms with van der Waals surface area (Å²) in [6.45, 7) is 0. The summed E-state index contributed by atoms with van der Waals surface area (Å²) in [6.07, 6.45) is 0.577. The highest BCUT2D eigenvalue weighted by atomic mass is 35.5. The standard InChI is InChI=1S/C7H4Cl2O2.C6H4Cl2O/c8-5-2-7(11)6(9)1-4(5)3-10;7-4-1-5(8)3-6(9)2-4/h1-3,11H;1-3,9H. The van der Waals surface area contributed by atoms with E-state index >= 15 is 0 Å². The van der Waals surface area contributed by atoms with Crippen molar-refractivity contribution in [1.29, 1.82) is 0 Å². The van der Waals surface area contributed by atoms with Crippen LogP contribution in [0.4, 0.5) is 0 Å². The Labute approximate surface area is 135 Å². The predicted octanol–water partition coefficient (Wildman–Crippen LogP) is 5.21. The van der Waals surface area contributed by atoms with Crippen LogP contribution in [-0.4, -0.2) is 16.5 Å². The summed E-state index contributed by atoms with van der Waals surface area (Å²) in [6, 6.07) is 6.95. The van der Waals surface area contributed by atoms with Gasteiger partial charge in [0, 0.05) is 21.7 Å². The molecule has 2 aromatic carbocycles. The van der Waals surface area contributed by atoms with Gasteiger partial charge in [0.25, 0.3) is 0 Å². The van der Waals surface area contributed by atoms with Crippen molar-refractivity contribution < 1.29 is 15.0 Å². The lowest BCUT2D eigenvalue weighted by Crippen LogP contribution is -1.81. The summed E-state index contributed by atoms with van der Waals surface area (Å²) in [5.41, 5.74) is 0.273. The number of hydrogen-bond acceptors (Lipinski definition) is 3. The molecule has 0 radical (unpaired) electrons. The Balaban J connectivity index is 0.000000204. The Morgan fingerprint density at radius 2 is 1.35 bits per heavy atom. The van der Waals surface area contributed by atoms with Gasteiger partial charge in [-0.3, -0.25) is 4.79 Å². The topological polar surface area (TPSA) is 57.5 Å². The molecule has 20 heavy (non-hydrogen) atoms. The number of carbonyl (C=O) groups is 1. The Hall–Kier alpha value is -1.13. The molecule has 0 fully saturated rings. The monoisotopic (exact) mass is 352 g/mol. The fraction of sp³-hybridized carbons (Fsp3) is 0. The molecule has 2 N–H and O–H groups in total. The Bertz CT molecular complexity index is 579. The molecule has 0 atom stereocenters. The van der Waals surface area contributed by atoms with Crippen molar-refractivity contribution in [2.75, 3.05) is 0 Å². The number of halogens is 4. The number of hydrogen-bond donors (Lipinski definition) is 2. The van der Waals surface area contributed by atoms with E-state index in [1.165, 1.54) is 24.3 Å². The van der Waals surface area contributed by atoms with Crippen molar-refractivity contribution in [2.24, 2.45) is 0 Å². The first-order chi connectivity index (χ1) is 9.33. The molecule has 0 aliphatic carbocycles. The molecule has 0 aromatic heterocycles. The van der Waals surface area contributed by atoms with E-state index in [1.54, 1.807) is 6.07 Å². The van der Waals surface area contributed by atoms with Crippen LogP contribution in [0.25, 0.3) is 0 Å². The molecule has 0 bridgehead atoms. The number of phenolic OH excluding ortho intramolecular Hbond substituents is 2. The van der Waals surface area contributed by atoms with Gasteiger partial charge in [-0.15, -0.1) is 0 Å². The van der Waals surface area contributed by atoms with E-state index in [0.29, 0.717) is 16.3 Å². The van der Waals surface area contributed by atoms with Gasteiger partial charge in [0.2, 0.25) is 0 Å². The lowest BCUT2D eigenvalue weighted by molar-refractivity contribution is 0.112. The zero-order valence-corrected chi connectivity index (χ0v) is 12.8. The maximum absolute atomic E-state index is 10.3. The molecule has 2 aromatic rings.